The van der Waals surface area contributed by atoms with Crippen molar-refractivity contribution in [3.8, 4) is 0 Å². The maximum absolute atomic E-state index is 13.2. The Labute approximate surface area is 131 Å². The first kappa shape index (κ1) is 14.6. The monoisotopic (exact) mass is 325 g/mol. The molecule has 2 bridgehead atoms. The van der Waals surface area contributed by atoms with Crippen molar-refractivity contribution in [3.05, 3.63) is 18.2 Å². The number of nitrogens with zero attached hydrogens (tertiary/aromatic N) is 4. The first-order valence-electron chi connectivity index (χ1n) is 8.04. The van der Waals surface area contributed by atoms with Gasteiger partial charge in [0, 0.05) is 51.7 Å². The predicted octanol–water partition coefficient (Wildman–Crippen LogP) is 0.0955. The summed E-state index contributed by atoms with van der Waals surface area (Å²) in [5.74, 6) is 1.37. The second-order valence-corrected chi connectivity index (χ2v) is 8.47. The Bertz CT molecular complexity index is 658. The largest absolute Gasteiger partial charge is 0.337 e. The third-order valence-corrected chi connectivity index (χ3v) is 7.37. The van der Waals surface area contributed by atoms with E-state index >= 15 is 0 Å². The molecule has 7 nitrogen and oxygen atoms in total. The summed E-state index contributed by atoms with van der Waals surface area (Å²) in [7, 11) is -1.50. The van der Waals surface area contributed by atoms with Gasteiger partial charge in [0.2, 0.25) is 0 Å². The lowest BCUT2D eigenvalue weighted by Gasteiger charge is -2.39. The number of piperidine rings is 1. The van der Waals surface area contributed by atoms with Crippen LogP contribution in [0.2, 0.25) is 0 Å². The molecule has 1 aliphatic carbocycles. The minimum absolute atomic E-state index is 0.215. The average molecular weight is 325 g/mol. The van der Waals surface area contributed by atoms with Gasteiger partial charge in [-0.3, -0.25) is 0 Å². The van der Waals surface area contributed by atoms with E-state index in [0.717, 1.165) is 18.7 Å². The van der Waals surface area contributed by atoms with E-state index in [1.54, 1.807) is 14.8 Å². The van der Waals surface area contributed by atoms with Crippen molar-refractivity contribution in [2.24, 2.45) is 13.0 Å². The second-order valence-electron chi connectivity index (χ2n) is 6.64. The summed E-state index contributed by atoms with van der Waals surface area (Å²) in [4.78, 5) is 4.38. The fraction of sp³-hybridized carbons (Fsp3) is 0.786. The zero-order valence-corrected chi connectivity index (χ0v) is 13.7. The Kier molecular flexibility index (Phi) is 3.52. The minimum Gasteiger partial charge on any atom is -0.337 e. The Balaban J connectivity index is 1.65. The van der Waals surface area contributed by atoms with Crippen LogP contribution in [0.3, 0.4) is 0 Å². The molecular weight excluding hydrogens is 302 g/mol. The molecule has 4 rings (SSSR count). The molecule has 2 aliphatic heterocycles. The van der Waals surface area contributed by atoms with Crippen molar-refractivity contribution in [1.82, 2.24) is 23.5 Å². The van der Waals surface area contributed by atoms with Crippen molar-refractivity contribution >= 4 is 10.2 Å². The maximum Gasteiger partial charge on any atom is 0.283 e. The van der Waals surface area contributed by atoms with Crippen LogP contribution in [0, 0.1) is 5.92 Å². The van der Waals surface area contributed by atoms with Crippen LogP contribution in [-0.2, 0) is 17.3 Å². The number of hydrogen-bond acceptors (Lipinski definition) is 4. The smallest absolute Gasteiger partial charge is 0.283 e. The van der Waals surface area contributed by atoms with Crippen molar-refractivity contribution in [2.45, 2.75) is 31.3 Å². The van der Waals surface area contributed by atoms with Gasteiger partial charge in [0.1, 0.15) is 5.82 Å². The molecule has 22 heavy (non-hydrogen) atoms. The summed E-state index contributed by atoms with van der Waals surface area (Å²) in [5.41, 5.74) is 0. The van der Waals surface area contributed by atoms with Crippen LogP contribution in [-0.4, -0.2) is 58.8 Å². The third kappa shape index (κ3) is 2.20. The van der Waals surface area contributed by atoms with E-state index < -0.39 is 10.2 Å². The molecule has 2 saturated heterocycles. The quantitative estimate of drug-likeness (QED) is 0.855. The van der Waals surface area contributed by atoms with E-state index in [-0.39, 0.29) is 12.1 Å². The fourth-order valence-corrected chi connectivity index (χ4v) is 6.23. The van der Waals surface area contributed by atoms with Gasteiger partial charge in [-0.2, -0.15) is 17.0 Å². The summed E-state index contributed by atoms with van der Waals surface area (Å²) in [6.07, 6.45) is 6.83. The summed E-state index contributed by atoms with van der Waals surface area (Å²) in [6, 6.07) is -0.00946. The van der Waals surface area contributed by atoms with E-state index in [4.69, 9.17) is 0 Å². The Morgan fingerprint density at radius 1 is 1.32 bits per heavy atom. The van der Waals surface area contributed by atoms with Crippen LogP contribution in [0.1, 0.15) is 31.1 Å². The van der Waals surface area contributed by atoms with Gasteiger partial charge in [0.25, 0.3) is 10.2 Å². The maximum atomic E-state index is 13.2. The van der Waals surface area contributed by atoms with Gasteiger partial charge in [-0.15, -0.1) is 0 Å². The van der Waals surface area contributed by atoms with Crippen LogP contribution < -0.4 is 5.32 Å². The lowest BCUT2D eigenvalue weighted by atomic mass is 10.1. The van der Waals surface area contributed by atoms with E-state index in [9.17, 15) is 8.42 Å². The number of aryl methyl sites for hydroxylation is 1. The predicted molar refractivity (Wildman–Crippen MR) is 82.3 cm³/mol. The van der Waals surface area contributed by atoms with Crippen molar-refractivity contribution in [3.63, 3.8) is 0 Å². The van der Waals surface area contributed by atoms with Crippen molar-refractivity contribution < 1.29 is 8.42 Å². The first-order chi connectivity index (χ1) is 10.6. The third-order valence-electron chi connectivity index (χ3n) is 5.30. The van der Waals surface area contributed by atoms with Crippen LogP contribution >= 0.6 is 0 Å². The van der Waals surface area contributed by atoms with E-state index in [1.165, 1.54) is 6.42 Å². The van der Waals surface area contributed by atoms with Gasteiger partial charge in [0.05, 0.1) is 6.04 Å². The topological polar surface area (TPSA) is 70.5 Å². The highest BCUT2D eigenvalue weighted by atomic mass is 32.2. The normalized spacial score (nSPS) is 33.6. The summed E-state index contributed by atoms with van der Waals surface area (Å²) in [5, 5.41) is 3.30. The standard InChI is InChI=1S/C14H23N5O2S/c1-17-6-5-16-14(17)13-9-15-4-7-18(13)22(20,21)19-10-11-2-3-12(19)8-11/h5-6,11-13,15H,2-4,7-10H2,1H3. The number of piperazine rings is 1. The van der Waals surface area contributed by atoms with E-state index in [1.807, 2.05) is 17.8 Å². The molecule has 122 valence electrons. The second kappa shape index (κ2) is 5.30. The van der Waals surface area contributed by atoms with Crippen molar-refractivity contribution in [1.29, 1.82) is 0 Å². The Morgan fingerprint density at radius 3 is 2.82 bits per heavy atom. The van der Waals surface area contributed by atoms with E-state index in [2.05, 4.69) is 10.3 Å². The van der Waals surface area contributed by atoms with Gasteiger partial charge in [-0.1, -0.05) is 0 Å². The average Bonchev–Trinajstić information content (AvgIpc) is 3.23. The molecule has 0 aromatic carbocycles. The molecule has 0 amide bonds. The summed E-state index contributed by atoms with van der Waals surface area (Å²) in [6.45, 7) is 2.52. The molecule has 1 N–H and O–H groups in total. The number of aromatic nitrogens is 2. The van der Waals surface area contributed by atoms with Gasteiger partial charge in [-0.05, 0) is 25.2 Å². The zero-order chi connectivity index (χ0) is 15.3. The number of hydrogen-bond donors (Lipinski definition) is 1. The molecule has 3 fully saturated rings. The molecule has 1 aromatic heterocycles. The molecule has 8 heteroatoms. The first-order valence-corrected chi connectivity index (χ1v) is 9.43. The molecular formula is C14H23N5O2S. The molecule has 3 atom stereocenters. The van der Waals surface area contributed by atoms with Crippen LogP contribution in [0.15, 0.2) is 12.4 Å². The molecule has 1 saturated carbocycles. The van der Waals surface area contributed by atoms with Crippen LogP contribution in [0.4, 0.5) is 0 Å². The van der Waals surface area contributed by atoms with Crippen LogP contribution in [0.5, 0.6) is 0 Å². The fourth-order valence-electron chi connectivity index (χ4n) is 4.18. The SMILES string of the molecule is Cn1ccnc1C1CNCCN1S(=O)(=O)N1CC2CCC1C2. The lowest BCUT2D eigenvalue weighted by molar-refractivity contribution is 0.224. The lowest BCUT2D eigenvalue weighted by Crippen LogP contribution is -2.55. The number of nitrogens with one attached hydrogen (secondary N) is 1. The molecule has 3 heterocycles. The number of imidazole rings is 1. The Morgan fingerprint density at radius 2 is 2.18 bits per heavy atom. The summed E-state index contributed by atoms with van der Waals surface area (Å²) >= 11 is 0. The molecule has 3 aliphatic rings. The van der Waals surface area contributed by atoms with Gasteiger partial charge in [-0.25, -0.2) is 4.98 Å². The zero-order valence-electron chi connectivity index (χ0n) is 12.9. The van der Waals surface area contributed by atoms with Gasteiger partial charge < -0.3 is 9.88 Å². The van der Waals surface area contributed by atoms with Crippen molar-refractivity contribution in [2.75, 3.05) is 26.2 Å². The molecule has 0 spiro atoms. The minimum atomic E-state index is -3.41. The molecule has 0 radical (unpaired) electrons. The molecule has 1 aromatic rings. The van der Waals surface area contributed by atoms with Crippen LogP contribution in [0.25, 0.3) is 0 Å². The summed E-state index contributed by atoms with van der Waals surface area (Å²) < 4.78 is 31.7. The Hall–Kier alpha value is -0.960. The molecule has 3 unspecified atom stereocenters. The highest BCUT2D eigenvalue weighted by Crippen LogP contribution is 2.40. The highest BCUT2D eigenvalue weighted by Gasteiger charge is 2.48. The highest BCUT2D eigenvalue weighted by molar-refractivity contribution is 7.86. The van der Waals surface area contributed by atoms with Gasteiger partial charge >= 0.3 is 0 Å². The van der Waals surface area contributed by atoms with E-state index in [0.29, 0.717) is 32.1 Å². The number of fused-ring (bicyclic) bond motifs is 2. The number of rotatable bonds is 3. The van der Waals surface area contributed by atoms with Gasteiger partial charge in [0.15, 0.2) is 0 Å².